The second-order valence-corrected chi connectivity index (χ2v) is 18.7. The first kappa shape index (κ1) is 34.1. The summed E-state index contributed by atoms with van der Waals surface area (Å²) in [4.78, 5) is 0. The molecule has 2 heterocycles. The van der Waals surface area contributed by atoms with Crippen molar-refractivity contribution in [2.24, 2.45) is 44.8 Å². The molecule has 10 heteroatoms. The normalized spacial score (nSPS) is 59.3. The minimum Gasteiger partial charge on any atom is -0.394 e. The lowest BCUT2D eigenvalue weighted by Gasteiger charge is -2.65. The molecule has 17 atom stereocenters. The zero-order chi connectivity index (χ0) is 33.6. The van der Waals surface area contributed by atoms with Crippen LogP contribution < -0.4 is 0 Å². The van der Waals surface area contributed by atoms with Gasteiger partial charge >= 0.3 is 0 Å². The highest BCUT2D eigenvalue weighted by atomic mass is 16.7. The van der Waals surface area contributed by atoms with Gasteiger partial charge in [-0.2, -0.15) is 0 Å². The van der Waals surface area contributed by atoms with E-state index >= 15 is 0 Å². The van der Waals surface area contributed by atoms with E-state index in [1.165, 1.54) is 0 Å². The lowest BCUT2D eigenvalue weighted by atomic mass is 9.41. The highest BCUT2D eigenvalue weighted by molar-refractivity contribution is 5.33. The Bertz CT molecular complexity index is 1200. The fourth-order valence-corrected chi connectivity index (χ4v) is 13.6. The molecule has 0 aromatic rings. The van der Waals surface area contributed by atoms with Gasteiger partial charge in [0.15, 0.2) is 6.29 Å². The summed E-state index contributed by atoms with van der Waals surface area (Å²) in [5.41, 5.74) is -2.50. The van der Waals surface area contributed by atoms with E-state index in [0.29, 0.717) is 19.3 Å². The zero-order valence-corrected chi connectivity index (χ0v) is 28.9. The highest BCUT2D eigenvalue weighted by Gasteiger charge is 2.85. The first-order valence-electron chi connectivity index (χ1n) is 17.9. The highest BCUT2D eigenvalue weighted by Crippen LogP contribution is 2.89. The Balaban J connectivity index is 1.26. The first-order valence-corrected chi connectivity index (χ1v) is 17.9. The Hall–Kier alpha value is -0.400. The molecule has 7 aliphatic rings. The van der Waals surface area contributed by atoms with Crippen LogP contribution in [0.4, 0.5) is 0 Å². The molecule has 7 N–H and O–H groups in total. The summed E-state index contributed by atoms with van der Waals surface area (Å²) in [6, 6.07) is 0. The first-order chi connectivity index (χ1) is 21.2. The summed E-state index contributed by atoms with van der Waals surface area (Å²) in [6.07, 6.45) is -1.07. The van der Waals surface area contributed by atoms with Gasteiger partial charge in [0.05, 0.1) is 42.2 Å². The van der Waals surface area contributed by atoms with Crippen LogP contribution in [-0.4, -0.2) is 109 Å². The molecule has 5 aliphatic carbocycles. The third-order valence-electron chi connectivity index (χ3n) is 15.9. The molecular weight excluding hydrogens is 592 g/mol. The zero-order valence-electron chi connectivity index (χ0n) is 28.9. The van der Waals surface area contributed by atoms with E-state index in [4.69, 9.17) is 14.2 Å². The quantitative estimate of drug-likeness (QED) is 0.219. The molecule has 10 nitrogen and oxygen atoms in total. The van der Waals surface area contributed by atoms with Crippen LogP contribution >= 0.6 is 0 Å². The molecule has 5 saturated carbocycles. The SMILES string of the molecule is CC(C)(O)[C@@H]1CC[C@](C)([C@H]2[C@@H](O)C[C@@]3(C)C4C[C@H](O[C@@H]5O[C@H](CO)[C@@H](O)[C@H](O)[C@H]5O)C5C(C)(C)[C@@H](O)CCC56CC46CC[C@]23C)O1. The summed E-state index contributed by atoms with van der Waals surface area (Å²) < 4.78 is 19.4. The standard InChI is InChI=1S/C36H60O10/c1-30(2)22(39)8-11-36-17-35(36)13-12-32(5)27(34(7)10-9-23(46-34)31(3,4)43)18(38)15-33(32,6)21(35)14-19(28(30)36)44-29-26(42)25(41)24(40)20(16-37)45-29/h18-29,37-43H,8-17H2,1-7H3/t18-,19-,20+,21?,22-,23-,24+,25-,26+,27-,28?,29+,32+,33-,34+,35?,36?/m0/s1. The van der Waals surface area contributed by atoms with Gasteiger partial charge in [-0.05, 0) is 117 Å². The minimum absolute atomic E-state index is 0.0225. The van der Waals surface area contributed by atoms with E-state index in [9.17, 15) is 35.7 Å². The third-order valence-corrected chi connectivity index (χ3v) is 15.9. The molecule has 4 unspecified atom stereocenters. The molecule has 0 aromatic carbocycles. The smallest absolute Gasteiger partial charge is 0.186 e. The number of rotatable bonds is 5. The predicted molar refractivity (Wildman–Crippen MR) is 167 cm³/mol. The number of ether oxygens (including phenoxy) is 3. The van der Waals surface area contributed by atoms with Crippen LogP contribution in [-0.2, 0) is 14.2 Å². The van der Waals surface area contributed by atoms with Crippen molar-refractivity contribution in [2.45, 2.75) is 173 Å². The van der Waals surface area contributed by atoms with Crippen molar-refractivity contribution in [3.8, 4) is 0 Å². The van der Waals surface area contributed by atoms with Crippen LogP contribution in [0.3, 0.4) is 0 Å². The van der Waals surface area contributed by atoms with Gasteiger partial charge in [-0.3, -0.25) is 0 Å². The Kier molecular flexibility index (Phi) is 7.65. The average Bonchev–Trinajstić information content (AvgIpc) is 3.33. The maximum Gasteiger partial charge on any atom is 0.186 e. The Morgan fingerprint density at radius 2 is 1.50 bits per heavy atom. The van der Waals surface area contributed by atoms with E-state index in [1.807, 2.05) is 0 Å². The molecule has 0 radical (unpaired) electrons. The van der Waals surface area contributed by atoms with E-state index in [-0.39, 0.29) is 45.5 Å². The second kappa shape index (κ2) is 10.3. The van der Waals surface area contributed by atoms with Crippen molar-refractivity contribution in [2.75, 3.05) is 6.61 Å². The fourth-order valence-electron chi connectivity index (χ4n) is 13.6. The molecule has 0 aromatic heterocycles. The Morgan fingerprint density at radius 3 is 2.13 bits per heavy atom. The van der Waals surface area contributed by atoms with Crippen molar-refractivity contribution in [1.82, 2.24) is 0 Å². The van der Waals surface area contributed by atoms with Crippen molar-refractivity contribution in [1.29, 1.82) is 0 Å². The van der Waals surface area contributed by atoms with Crippen LogP contribution in [0.1, 0.15) is 106 Å². The van der Waals surface area contributed by atoms with Crippen molar-refractivity contribution >= 4 is 0 Å². The summed E-state index contributed by atoms with van der Waals surface area (Å²) in [6.45, 7) is 14.2. The van der Waals surface area contributed by atoms with Crippen molar-refractivity contribution in [3.63, 3.8) is 0 Å². The Labute approximate surface area is 273 Å². The predicted octanol–water partition coefficient (Wildman–Crippen LogP) is 2.26. The lowest BCUT2D eigenvalue weighted by Crippen LogP contribution is -2.64. The maximum absolute atomic E-state index is 12.0. The van der Waals surface area contributed by atoms with Crippen molar-refractivity contribution in [3.05, 3.63) is 0 Å². The fraction of sp³-hybridized carbons (Fsp3) is 1.00. The number of aliphatic hydroxyl groups is 7. The van der Waals surface area contributed by atoms with Gasteiger partial charge in [0.25, 0.3) is 0 Å². The summed E-state index contributed by atoms with van der Waals surface area (Å²) in [5, 5.41) is 76.2. The summed E-state index contributed by atoms with van der Waals surface area (Å²) >= 11 is 0. The van der Waals surface area contributed by atoms with Crippen LogP contribution in [0.2, 0.25) is 0 Å². The topological polar surface area (TPSA) is 169 Å². The molecule has 0 bridgehead atoms. The van der Waals surface area contributed by atoms with E-state index < -0.39 is 72.2 Å². The largest absolute Gasteiger partial charge is 0.394 e. The van der Waals surface area contributed by atoms with E-state index in [0.717, 1.165) is 38.5 Å². The molecule has 0 amide bonds. The van der Waals surface area contributed by atoms with Gasteiger partial charge in [-0.25, -0.2) is 0 Å². The lowest BCUT2D eigenvalue weighted by molar-refractivity contribution is -0.331. The molecule has 2 spiro atoms. The monoisotopic (exact) mass is 652 g/mol. The molecule has 46 heavy (non-hydrogen) atoms. The second-order valence-electron chi connectivity index (χ2n) is 18.7. The van der Waals surface area contributed by atoms with E-state index in [1.54, 1.807) is 13.8 Å². The minimum atomic E-state index is -1.53. The van der Waals surface area contributed by atoms with Crippen LogP contribution in [0.15, 0.2) is 0 Å². The summed E-state index contributed by atoms with van der Waals surface area (Å²) in [5.74, 6) is 0.0768. The van der Waals surface area contributed by atoms with E-state index in [2.05, 4.69) is 34.6 Å². The van der Waals surface area contributed by atoms with Crippen LogP contribution in [0, 0.1) is 44.8 Å². The van der Waals surface area contributed by atoms with Crippen molar-refractivity contribution < 1.29 is 50.0 Å². The van der Waals surface area contributed by atoms with Gasteiger partial charge < -0.3 is 50.0 Å². The molecule has 2 aliphatic heterocycles. The average molecular weight is 653 g/mol. The molecule has 2 saturated heterocycles. The summed E-state index contributed by atoms with van der Waals surface area (Å²) in [7, 11) is 0. The molecule has 264 valence electrons. The number of hydrogen-bond donors (Lipinski definition) is 7. The van der Waals surface area contributed by atoms with Gasteiger partial charge in [-0.15, -0.1) is 0 Å². The molecule has 7 rings (SSSR count). The number of aliphatic hydroxyl groups excluding tert-OH is 6. The van der Waals surface area contributed by atoms with Gasteiger partial charge in [0, 0.05) is 5.92 Å². The van der Waals surface area contributed by atoms with Gasteiger partial charge in [0.1, 0.15) is 24.4 Å². The molecule has 7 fully saturated rings. The van der Waals surface area contributed by atoms with Gasteiger partial charge in [-0.1, -0.05) is 27.7 Å². The number of hydrogen-bond acceptors (Lipinski definition) is 10. The maximum atomic E-state index is 12.0. The Morgan fingerprint density at radius 1 is 0.804 bits per heavy atom. The molecular formula is C36H60O10. The van der Waals surface area contributed by atoms with Crippen LogP contribution in [0.5, 0.6) is 0 Å². The van der Waals surface area contributed by atoms with Gasteiger partial charge in [0.2, 0.25) is 0 Å². The van der Waals surface area contributed by atoms with Crippen LogP contribution in [0.25, 0.3) is 0 Å². The third kappa shape index (κ3) is 4.24. The number of fused-ring (bicyclic) bond motifs is 2.